The normalized spacial score (nSPS) is 16.8. The summed E-state index contributed by atoms with van der Waals surface area (Å²) in [5.41, 5.74) is 1.55. The van der Waals surface area contributed by atoms with E-state index in [0.717, 1.165) is 22.9 Å². The predicted molar refractivity (Wildman–Crippen MR) is 102 cm³/mol. The Morgan fingerprint density at radius 3 is 2.64 bits per heavy atom. The molecule has 0 bridgehead atoms. The summed E-state index contributed by atoms with van der Waals surface area (Å²) in [5, 5.41) is 0.464. The number of nitrogens with zero attached hydrogens (tertiary/aromatic N) is 1. The van der Waals surface area contributed by atoms with Crippen LogP contribution in [0.25, 0.3) is 0 Å². The van der Waals surface area contributed by atoms with E-state index in [1.165, 1.54) is 0 Å². The number of likely N-dealkylation sites (tertiary alicyclic amines) is 1. The molecule has 1 unspecified atom stereocenters. The maximum absolute atomic E-state index is 13.0. The molecule has 4 nitrogen and oxygen atoms in total. The Balaban J connectivity index is 1.92. The Morgan fingerprint density at radius 1 is 1.16 bits per heavy atom. The molecule has 1 aliphatic rings. The van der Waals surface area contributed by atoms with Gasteiger partial charge in [-0.3, -0.25) is 4.79 Å². The van der Waals surface area contributed by atoms with E-state index in [9.17, 15) is 4.79 Å². The topological polar surface area (TPSA) is 38.8 Å². The van der Waals surface area contributed by atoms with Crippen LogP contribution in [0, 0.1) is 0 Å². The number of amides is 1. The van der Waals surface area contributed by atoms with Crippen LogP contribution in [-0.2, 0) is 0 Å². The second-order valence-electron chi connectivity index (χ2n) is 5.90. The van der Waals surface area contributed by atoms with Crippen LogP contribution < -0.4 is 9.47 Å². The van der Waals surface area contributed by atoms with Gasteiger partial charge in [-0.05, 0) is 48.7 Å². The fourth-order valence-corrected chi connectivity index (χ4v) is 3.79. The molecule has 3 rings (SSSR count). The average Bonchev–Trinajstić information content (AvgIpc) is 3.12. The molecule has 2 aromatic rings. The maximum Gasteiger partial charge on any atom is 0.255 e. The molecule has 25 heavy (non-hydrogen) atoms. The number of halogens is 2. The van der Waals surface area contributed by atoms with Gasteiger partial charge >= 0.3 is 0 Å². The van der Waals surface area contributed by atoms with Gasteiger partial charge in [0.05, 0.1) is 30.8 Å². The summed E-state index contributed by atoms with van der Waals surface area (Å²) in [6, 6.07) is 11.1. The smallest absolute Gasteiger partial charge is 0.255 e. The lowest BCUT2D eigenvalue weighted by atomic mass is 10.0. The number of hydrogen-bond acceptors (Lipinski definition) is 3. The van der Waals surface area contributed by atoms with Gasteiger partial charge in [-0.1, -0.05) is 33.6 Å². The molecule has 1 heterocycles. The zero-order chi connectivity index (χ0) is 18.0. The van der Waals surface area contributed by atoms with Crippen molar-refractivity contribution in [3.63, 3.8) is 0 Å². The highest BCUT2D eigenvalue weighted by atomic mass is 79.9. The first kappa shape index (κ1) is 18.1. The van der Waals surface area contributed by atoms with Gasteiger partial charge in [0.15, 0.2) is 11.5 Å². The molecule has 132 valence electrons. The number of carbonyl (C=O) groups is 1. The van der Waals surface area contributed by atoms with Crippen LogP contribution in [0.1, 0.15) is 34.8 Å². The number of hydrogen-bond donors (Lipinski definition) is 0. The minimum atomic E-state index is -0.0522. The van der Waals surface area contributed by atoms with Crippen molar-refractivity contribution in [3.8, 4) is 11.5 Å². The second-order valence-corrected chi connectivity index (χ2v) is 7.22. The molecule has 1 aliphatic heterocycles. The van der Waals surface area contributed by atoms with Crippen LogP contribution in [0.4, 0.5) is 0 Å². The lowest BCUT2D eigenvalue weighted by molar-refractivity contribution is 0.0735. The van der Waals surface area contributed by atoms with E-state index < -0.39 is 0 Å². The van der Waals surface area contributed by atoms with Crippen LogP contribution in [-0.4, -0.2) is 31.6 Å². The van der Waals surface area contributed by atoms with Crippen LogP contribution in [0.2, 0.25) is 5.02 Å². The fourth-order valence-electron chi connectivity index (χ4n) is 3.23. The highest BCUT2D eigenvalue weighted by Crippen LogP contribution is 2.38. The van der Waals surface area contributed by atoms with E-state index in [0.29, 0.717) is 28.6 Å². The number of benzene rings is 2. The molecular formula is C19H19BrClNO3. The lowest BCUT2D eigenvalue weighted by Crippen LogP contribution is -2.30. The minimum absolute atomic E-state index is 0.00218. The maximum atomic E-state index is 13.0. The van der Waals surface area contributed by atoms with Gasteiger partial charge in [0.25, 0.3) is 5.91 Å². The second kappa shape index (κ2) is 7.67. The van der Waals surface area contributed by atoms with Crippen molar-refractivity contribution >= 4 is 33.4 Å². The Labute approximate surface area is 160 Å². The number of rotatable bonds is 4. The zero-order valence-corrected chi connectivity index (χ0v) is 16.4. The largest absolute Gasteiger partial charge is 0.493 e. The van der Waals surface area contributed by atoms with E-state index >= 15 is 0 Å². The van der Waals surface area contributed by atoms with Crippen molar-refractivity contribution < 1.29 is 14.3 Å². The van der Waals surface area contributed by atoms with Crippen molar-refractivity contribution in [2.45, 2.75) is 18.9 Å². The van der Waals surface area contributed by atoms with Gasteiger partial charge in [0, 0.05) is 11.0 Å². The average molecular weight is 425 g/mol. The van der Waals surface area contributed by atoms with Crippen LogP contribution >= 0.6 is 27.5 Å². The van der Waals surface area contributed by atoms with E-state index in [2.05, 4.69) is 15.9 Å². The molecule has 0 N–H and O–H groups in total. The molecule has 1 saturated heterocycles. The van der Waals surface area contributed by atoms with Gasteiger partial charge in [0.2, 0.25) is 0 Å². The summed E-state index contributed by atoms with van der Waals surface area (Å²) in [7, 11) is 3.22. The van der Waals surface area contributed by atoms with Crippen LogP contribution in [0.5, 0.6) is 11.5 Å². The molecule has 1 fully saturated rings. The third-order valence-electron chi connectivity index (χ3n) is 4.46. The summed E-state index contributed by atoms with van der Waals surface area (Å²) in [5.74, 6) is 1.29. The quantitative estimate of drug-likeness (QED) is 0.685. The first-order valence-electron chi connectivity index (χ1n) is 8.03. The zero-order valence-electron chi connectivity index (χ0n) is 14.1. The minimum Gasteiger partial charge on any atom is -0.493 e. The molecular weight excluding hydrogens is 406 g/mol. The van der Waals surface area contributed by atoms with Gasteiger partial charge < -0.3 is 14.4 Å². The van der Waals surface area contributed by atoms with E-state index in [1.54, 1.807) is 26.4 Å². The summed E-state index contributed by atoms with van der Waals surface area (Å²) in [6.45, 7) is 0.709. The summed E-state index contributed by atoms with van der Waals surface area (Å²) in [4.78, 5) is 14.9. The van der Waals surface area contributed by atoms with Gasteiger partial charge in [-0.2, -0.15) is 0 Å². The van der Waals surface area contributed by atoms with Gasteiger partial charge in [0.1, 0.15) is 0 Å². The van der Waals surface area contributed by atoms with Gasteiger partial charge in [-0.25, -0.2) is 0 Å². The Kier molecular flexibility index (Phi) is 5.54. The summed E-state index contributed by atoms with van der Waals surface area (Å²) >= 11 is 9.65. The SMILES string of the molecule is COc1ccc(C2CCCN2C(=O)c2cc(Br)ccc2Cl)cc1OC. The molecule has 2 aromatic carbocycles. The molecule has 0 spiro atoms. The monoisotopic (exact) mass is 423 g/mol. The van der Waals surface area contributed by atoms with Crippen LogP contribution in [0.3, 0.4) is 0 Å². The summed E-state index contributed by atoms with van der Waals surface area (Å²) in [6.07, 6.45) is 1.86. The third-order valence-corrected chi connectivity index (χ3v) is 5.29. The molecule has 0 aromatic heterocycles. The lowest BCUT2D eigenvalue weighted by Gasteiger charge is -2.26. The van der Waals surface area contributed by atoms with E-state index in [-0.39, 0.29) is 11.9 Å². The van der Waals surface area contributed by atoms with Crippen molar-refractivity contribution in [2.75, 3.05) is 20.8 Å². The summed E-state index contributed by atoms with van der Waals surface area (Å²) < 4.78 is 11.5. The standard InChI is InChI=1S/C19H19BrClNO3/c1-24-17-8-5-12(10-18(17)25-2)16-4-3-9-22(16)19(23)14-11-13(20)6-7-15(14)21/h5-8,10-11,16H,3-4,9H2,1-2H3. The van der Waals surface area contributed by atoms with Crippen LogP contribution in [0.15, 0.2) is 40.9 Å². The Morgan fingerprint density at radius 2 is 1.92 bits per heavy atom. The van der Waals surface area contributed by atoms with Crippen molar-refractivity contribution in [2.24, 2.45) is 0 Å². The molecule has 1 amide bonds. The Hall–Kier alpha value is -1.72. The highest BCUT2D eigenvalue weighted by molar-refractivity contribution is 9.10. The first-order chi connectivity index (χ1) is 12.0. The molecule has 6 heteroatoms. The highest BCUT2D eigenvalue weighted by Gasteiger charge is 2.32. The van der Waals surface area contributed by atoms with E-state index in [1.807, 2.05) is 29.2 Å². The molecule has 0 aliphatic carbocycles. The van der Waals surface area contributed by atoms with Crippen molar-refractivity contribution in [3.05, 3.63) is 57.0 Å². The number of ether oxygens (including phenoxy) is 2. The number of carbonyl (C=O) groups excluding carboxylic acids is 1. The molecule has 0 radical (unpaired) electrons. The Bertz CT molecular complexity index is 796. The molecule has 1 atom stereocenters. The fraction of sp³-hybridized carbons (Fsp3) is 0.316. The third kappa shape index (κ3) is 3.62. The first-order valence-corrected chi connectivity index (χ1v) is 9.20. The van der Waals surface area contributed by atoms with E-state index in [4.69, 9.17) is 21.1 Å². The van der Waals surface area contributed by atoms with Gasteiger partial charge in [-0.15, -0.1) is 0 Å². The van der Waals surface area contributed by atoms with Crippen molar-refractivity contribution in [1.82, 2.24) is 4.90 Å². The molecule has 0 saturated carbocycles. The predicted octanol–water partition coefficient (Wildman–Crippen LogP) is 5.10. The van der Waals surface area contributed by atoms with Crippen molar-refractivity contribution in [1.29, 1.82) is 0 Å². The number of methoxy groups -OCH3 is 2.